The van der Waals surface area contributed by atoms with Crippen LogP contribution in [0.1, 0.15) is 22.6 Å². The molecule has 0 saturated carbocycles. The Bertz CT molecular complexity index is 1110. The molecule has 0 radical (unpaired) electrons. The van der Waals surface area contributed by atoms with Crippen molar-refractivity contribution in [2.24, 2.45) is 5.41 Å². The van der Waals surface area contributed by atoms with Gasteiger partial charge in [0.1, 0.15) is 5.58 Å². The van der Waals surface area contributed by atoms with E-state index in [1.54, 1.807) is 36.4 Å². The summed E-state index contributed by atoms with van der Waals surface area (Å²) in [6, 6.07) is 16.0. The van der Waals surface area contributed by atoms with Crippen molar-refractivity contribution < 1.29 is 23.5 Å². The van der Waals surface area contributed by atoms with Gasteiger partial charge in [0.05, 0.1) is 19.8 Å². The van der Waals surface area contributed by atoms with Crippen LogP contribution in [0.15, 0.2) is 63.8 Å². The normalized spacial score (nSPS) is 17.1. The van der Waals surface area contributed by atoms with Gasteiger partial charge in [-0.3, -0.25) is 9.59 Å². The van der Waals surface area contributed by atoms with Crippen molar-refractivity contribution in [1.29, 1.82) is 0 Å². The third-order valence-corrected chi connectivity index (χ3v) is 5.43. The molecular formula is C22H18O6. The zero-order valence-electron chi connectivity index (χ0n) is 15.4. The van der Waals surface area contributed by atoms with Gasteiger partial charge in [0.25, 0.3) is 0 Å². The number of para-hydroxylation sites is 1. The third kappa shape index (κ3) is 2.37. The highest BCUT2D eigenvalue weighted by molar-refractivity contribution is 6.04. The summed E-state index contributed by atoms with van der Waals surface area (Å²) in [6.45, 7) is 0. The average Bonchev–Trinajstić information content (AvgIpc) is 3.11. The maximum Gasteiger partial charge on any atom is 0.340 e. The van der Waals surface area contributed by atoms with Crippen LogP contribution in [0.4, 0.5) is 0 Å². The number of methoxy groups -OCH3 is 2. The van der Waals surface area contributed by atoms with Crippen molar-refractivity contribution >= 4 is 22.9 Å². The molecule has 28 heavy (non-hydrogen) atoms. The third-order valence-electron chi connectivity index (χ3n) is 5.43. The molecule has 0 amide bonds. The molecule has 1 aliphatic rings. The second-order valence-corrected chi connectivity index (χ2v) is 6.75. The predicted octanol–water partition coefficient (Wildman–Crippen LogP) is 2.81. The van der Waals surface area contributed by atoms with Gasteiger partial charge in [-0.25, -0.2) is 4.79 Å². The van der Waals surface area contributed by atoms with Gasteiger partial charge in [0.2, 0.25) is 0 Å². The maximum absolute atomic E-state index is 13.0. The molecule has 1 aromatic heterocycles. The second kappa shape index (κ2) is 6.64. The Morgan fingerprint density at radius 1 is 0.964 bits per heavy atom. The number of carbonyl (C=O) groups is 2. The zero-order chi connectivity index (χ0) is 19.9. The van der Waals surface area contributed by atoms with E-state index in [2.05, 4.69) is 0 Å². The predicted molar refractivity (Wildman–Crippen MR) is 101 cm³/mol. The molecule has 0 bridgehead atoms. The Labute approximate surface area is 160 Å². The van der Waals surface area contributed by atoms with Crippen molar-refractivity contribution in [3.8, 4) is 0 Å². The standard InChI is InChI=1S/C22H18O6/c1-26-20(24)22(21(25)27-2)12-15-14-10-6-7-11-16(14)28-19(23)17(15)18(22)13-8-4-3-5-9-13/h3-11,18H,12H2,1-2H3/t18-/m0/s1. The largest absolute Gasteiger partial charge is 0.468 e. The van der Waals surface area contributed by atoms with Crippen LogP contribution in [-0.4, -0.2) is 26.2 Å². The Kier molecular flexibility index (Phi) is 4.26. The number of hydrogen-bond acceptors (Lipinski definition) is 6. The SMILES string of the molecule is COC(=O)C1(C(=O)OC)Cc2c(c(=O)oc3ccccc23)[C@@H]1c1ccccc1. The second-order valence-electron chi connectivity index (χ2n) is 6.75. The molecule has 1 aliphatic carbocycles. The fourth-order valence-corrected chi connectivity index (χ4v) is 4.26. The van der Waals surface area contributed by atoms with Crippen molar-refractivity contribution in [1.82, 2.24) is 0 Å². The average molecular weight is 378 g/mol. The van der Waals surface area contributed by atoms with E-state index in [4.69, 9.17) is 13.9 Å². The maximum atomic E-state index is 13.0. The summed E-state index contributed by atoms with van der Waals surface area (Å²) in [5, 5.41) is 0.688. The van der Waals surface area contributed by atoms with Crippen molar-refractivity contribution in [2.45, 2.75) is 12.3 Å². The molecule has 0 fully saturated rings. The van der Waals surface area contributed by atoms with Gasteiger partial charge < -0.3 is 13.9 Å². The first-order chi connectivity index (χ1) is 13.5. The summed E-state index contributed by atoms with van der Waals surface area (Å²) < 4.78 is 15.6. The lowest BCUT2D eigenvalue weighted by Crippen LogP contribution is -2.45. The lowest BCUT2D eigenvalue weighted by atomic mass is 9.72. The van der Waals surface area contributed by atoms with Gasteiger partial charge in [-0.05, 0) is 17.2 Å². The minimum Gasteiger partial charge on any atom is -0.468 e. The number of carbonyl (C=O) groups excluding carboxylic acids is 2. The van der Waals surface area contributed by atoms with E-state index in [1.165, 1.54) is 14.2 Å². The van der Waals surface area contributed by atoms with Crippen molar-refractivity contribution in [3.63, 3.8) is 0 Å². The highest BCUT2D eigenvalue weighted by atomic mass is 16.5. The van der Waals surface area contributed by atoms with Crippen LogP contribution in [0.2, 0.25) is 0 Å². The fourth-order valence-electron chi connectivity index (χ4n) is 4.26. The van der Waals surface area contributed by atoms with E-state index in [0.29, 0.717) is 27.7 Å². The van der Waals surface area contributed by atoms with E-state index in [9.17, 15) is 14.4 Å². The van der Waals surface area contributed by atoms with Gasteiger partial charge in [0, 0.05) is 17.7 Å². The molecule has 0 saturated heterocycles. The van der Waals surface area contributed by atoms with Crippen LogP contribution >= 0.6 is 0 Å². The van der Waals surface area contributed by atoms with Gasteiger partial charge in [-0.2, -0.15) is 0 Å². The summed E-state index contributed by atoms with van der Waals surface area (Å²) in [7, 11) is 2.44. The quantitative estimate of drug-likeness (QED) is 0.396. The van der Waals surface area contributed by atoms with Crippen LogP contribution < -0.4 is 5.63 Å². The molecular weight excluding hydrogens is 360 g/mol. The number of esters is 2. The molecule has 1 atom stereocenters. The first-order valence-corrected chi connectivity index (χ1v) is 8.81. The highest BCUT2D eigenvalue weighted by Crippen LogP contribution is 2.52. The van der Waals surface area contributed by atoms with Crippen LogP contribution in [0.3, 0.4) is 0 Å². The Morgan fingerprint density at radius 2 is 1.57 bits per heavy atom. The summed E-state index contributed by atoms with van der Waals surface area (Å²) >= 11 is 0. The highest BCUT2D eigenvalue weighted by Gasteiger charge is 2.61. The number of rotatable bonds is 3. The minimum atomic E-state index is -1.70. The lowest BCUT2D eigenvalue weighted by molar-refractivity contribution is -0.169. The Morgan fingerprint density at radius 3 is 2.21 bits per heavy atom. The first-order valence-electron chi connectivity index (χ1n) is 8.81. The van der Waals surface area contributed by atoms with E-state index in [1.807, 2.05) is 18.2 Å². The molecule has 0 N–H and O–H groups in total. The fraction of sp³-hybridized carbons (Fsp3) is 0.227. The van der Waals surface area contributed by atoms with Gasteiger partial charge in [-0.1, -0.05) is 48.5 Å². The molecule has 1 heterocycles. The van der Waals surface area contributed by atoms with Crippen LogP contribution in [-0.2, 0) is 25.5 Å². The minimum absolute atomic E-state index is 0.00659. The summed E-state index contributed by atoms with van der Waals surface area (Å²) in [6.07, 6.45) is -0.00659. The molecule has 3 aromatic rings. The van der Waals surface area contributed by atoms with Crippen molar-refractivity contribution in [3.05, 3.63) is 81.7 Å². The van der Waals surface area contributed by atoms with Gasteiger partial charge in [0.15, 0.2) is 5.41 Å². The monoisotopic (exact) mass is 378 g/mol. The number of benzene rings is 2. The van der Waals surface area contributed by atoms with Gasteiger partial charge in [-0.15, -0.1) is 0 Å². The molecule has 0 spiro atoms. The van der Waals surface area contributed by atoms with E-state index in [0.717, 1.165) is 0 Å². The molecule has 4 rings (SSSR count). The summed E-state index contributed by atoms with van der Waals surface area (Å²) in [4.78, 5) is 38.9. The first kappa shape index (κ1) is 18.0. The van der Waals surface area contributed by atoms with Crippen molar-refractivity contribution in [2.75, 3.05) is 14.2 Å². The topological polar surface area (TPSA) is 82.8 Å². The Hall–Kier alpha value is -3.41. The number of hydrogen-bond donors (Lipinski definition) is 0. The van der Waals surface area contributed by atoms with Crippen LogP contribution in [0, 0.1) is 5.41 Å². The number of ether oxygens (including phenoxy) is 2. The lowest BCUT2D eigenvalue weighted by Gasteiger charge is -2.30. The Balaban J connectivity index is 2.12. The molecule has 0 aliphatic heterocycles. The van der Waals surface area contributed by atoms with E-state index < -0.39 is 28.9 Å². The van der Waals surface area contributed by atoms with Gasteiger partial charge >= 0.3 is 17.6 Å². The summed E-state index contributed by atoms with van der Waals surface area (Å²) in [5.41, 5.74) is -0.330. The van der Waals surface area contributed by atoms with E-state index >= 15 is 0 Å². The molecule has 6 nitrogen and oxygen atoms in total. The molecule has 6 heteroatoms. The van der Waals surface area contributed by atoms with Crippen LogP contribution in [0.25, 0.3) is 11.0 Å². The number of fused-ring (bicyclic) bond motifs is 3. The molecule has 2 aromatic carbocycles. The smallest absolute Gasteiger partial charge is 0.340 e. The van der Waals surface area contributed by atoms with Crippen LogP contribution in [0.5, 0.6) is 0 Å². The summed E-state index contributed by atoms with van der Waals surface area (Å²) in [5.74, 6) is -2.36. The zero-order valence-corrected chi connectivity index (χ0v) is 15.4. The van der Waals surface area contributed by atoms with E-state index in [-0.39, 0.29) is 6.42 Å². The molecule has 142 valence electrons. The molecule has 0 unspecified atom stereocenters.